The molecule has 0 aliphatic heterocycles. The van der Waals surface area contributed by atoms with Crippen LogP contribution in [0.3, 0.4) is 0 Å². The van der Waals surface area contributed by atoms with Crippen molar-refractivity contribution in [3.05, 3.63) is 0 Å². The Bertz CT molecular complexity index is 129. The summed E-state index contributed by atoms with van der Waals surface area (Å²) in [5.74, 6) is 0.711. The van der Waals surface area contributed by atoms with Gasteiger partial charge in [-0.2, -0.15) is 0 Å². The first kappa shape index (κ1) is 8.02. The van der Waals surface area contributed by atoms with Crippen molar-refractivity contribution >= 4 is 0 Å². The van der Waals surface area contributed by atoms with Gasteiger partial charge in [0.1, 0.15) is 0 Å². The van der Waals surface area contributed by atoms with Gasteiger partial charge in [0.15, 0.2) is 0 Å². The molecule has 60 valence electrons. The van der Waals surface area contributed by atoms with Crippen molar-refractivity contribution in [3.8, 4) is 0 Å². The van der Waals surface area contributed by atoms with Gasteiger partial charge in [0.25, 0.3) is 0 Å². The molecule has 0 radical (unpaired) electrons. The van der Waals surface area contributed by atoms with E-state index in [0.717, 1.165) is 6.54 Å². The second kappa shape index (κ2) is 2.21. The molecule has 0 amide bonds. The van der Waals surface area contributed by atoms with Gasteiger partial charge in [-0.3, -0.25) is 0 Å². The normalized spacial score (nSPS) is 36.6. The Balaban J connectivity index is 2.35. The van der Waals surface area contributed by atoms with Crippen molar-refractivity contribution in [1.29, 1.82) is 0 Å². The zero-order valence-corrected chi connectivity index (χ0v) is 7.39. The van der Waals surface area contributed by atoms with E-state index in [9.17, 15) is 0 Å². The Hall–Kier alpha value is -0.0800. The van der Waals surface area contributed by atoms with Crippen LogP contribution < -0.4 is 5.73 Å². The average molecular weight is 142 g/mol. The number of hydrogen-bond donors (Lipinski definition) is 1. The van der Waals surface area contributed by atoms with Crippen LogP contribution in [-0.4, -0.2) is 31.6 Å². The Labute approximate surface area is 63.4 Å². The number of hydrogen-bond acceptors (Lipinski definition) is 2. The van der Waals surface area contributed by atoms with Gasteiger partial charge in [0.2, 0.25) is 0 Å². The molecule has 0 bridgehead atoms. The minimum atomic E-state index is 0.393. The standard InChI is InChI=1S/C8H18N2/c1-8(2)6(7(8)9)5-10(3)4/h6-7H,5,9H2,1-4H3/t6-,7+/m0/s1. The maximum atomic E-state index is 5.87. The lowest BCUT2D eigenvalue weighted by Gasteiger charge is -2.09. The third-order valence-electron chi connectivity index (χ3n) is 2.70. The molecule has 1 saturated carbocycles. The third kappa shape index (κ3) is 1.18. The van der Waals surface area contributed by atoms with Gasteiger partial charge in [0, 0.05) is 12.6 Å². The molecule has 0 spiro atoms. The molecule has 10 heavy (non-hydrogen) atoms. The van der Waals surface area contributed by atoms with Crippen LogP contribution in [0.1, 0.15) is 13.8 Å². The third-order valence-corrected chi connectivity index (χ3v) is 2.70. The quantitative estimate of drug-likeness (QED) is 0.609. The zero-order chi connectivity index (χ0) is 7.94. The molecule has 0 unspecified atom stereocenters. The molecule has 2 atom stereocenters. The first-order valence-electron chi connectivity index (χ1n) is 3.86. The highest BCUT2D eigenvalue weighted by Crippen LogP contribution is 2.50. The second-order valence-electron chi connectivity index (χ2n) is 4.22. The van der Waals surface area contributed by atoms with Crippen molar-refractivity contribution < 1.29 is 0 Å². The van der Waals surface area contributed by atoms with E-state index in [1.54, 1.807) is 0 Å². The summed E-state index contributed by atoms with van der Waals surface area (Å²) in [5.41, 5.74) is 6.26. The summed E-state index contributed by atoms with van der Waals surface area (Å²) in [7, 11) is 4.20. The molecule has 0 saturated heterocycles. The van der Waals surface area contributed by atoms with Crippen LogP contribution in [-0.2, 0) is 0 Å². The average Bonchev–Trinajstić information content (AvgIpc) is 2.17. The van der Waals surface area contributed by atoms with E-state index in [2.05, 4.69) is 32.8 Å². The van der Waals surface area contributed by atoms with Crippen LogP contribution in [0.5, 0.6) is 0 Å². The first-order valence-corrected chi connectivity index (χ1v) is 3.86. The van der Waals surface area contributed by atoms with Crippen molar-refractivity contribution in [2.24, 2.45) is 17.1 Å². The highest BCUT2D eigenvalue weighted by Gasteiger charge is 2.55. The summed E-state index contributed by atoms with van der Waals surface area (Å²) in [6.45, 7) is 5.62. The Morgan fingerprint density at radius 1 is 1.40 bits per heavy atom. The van der Waals surface area contributed by atoms with Gasteiger partial charge in [-0.25, -0.2) is 0 Å². The number of nitrogens with two attached hydrogens (primary N) is 1. The van der Waals surface area contributed by atoms with Crippen molar-refractivity contribution in [1.82, 2.24) is 4.90 Å². The summed E-state index contributed by atoms with van der Waals surface area (Å²) in [4.78, 5) is 2.21. The van der Waals surface area contributed by atoms with Gasteiger partial charge < -0.3 is 10.6 Å². The van der Waals surface area contributed by atoms with Crippen molar-refractivity contribution in [2.75, 3.05) is 20.6 Å². The SMILES string of the molecule is CN(C)C[C@H]1[C@@H](N)C1(C)C. The van der Waals surface area contributed by atoms with E-state index in [1.807, 2.05) is 0 Å². The Morgan fingerprint density at radius 3 is 1.90 bits per heavy atom. The largest absolute Gasteiger partial charge is 0.327 e. The predicted molar refractivity (Wildman–Crippen MR) is 43.8 cm³/mol. The first-order chi connectivity index (χ1) is 4.46. The molecule has 2 N–H and O–H groups in total. The summed E-state index contributed by atoms with van der Waals surface area (Å²) in [6.07, 6.45) is 0. The molecular weight excluding hydrogens is 124 g/mol. The minimum absolute atomic E-state index is 0.393. The monoisotopic (exact) mass is 142 g/mol. The zero-order valence-electron chi connectivity index (χ0n) is 7.39. The molecule has 2 heteroatoms. The highest BCUT2D eigenvalue weighted by atomic mass is 15.1. The maximum absolute atomic E-state index is 5.87. The molecule has 1 aliphatic rings. The summed E-state index contributed by atoms with van der Waals surface area (Å²) in [5, 5.41) is 0. The van der Waals surface area contributed by atoms with Crippen LogP contribution in [0.2, 0.25) is 0 Å². The molecule has 1 fully saturated rings. The van der Waals surface area contributed by atoms with Crippen molar-refractivity contribution in [2.45, 2.75) is 19.9 Å². The second-order valence-corrected chi connectivity index (χ2v) is 4.22. The van der Waals surface area contributed by atoms with Gasteiger partial charge in [0.05, 0.1) is 0 Å². The van der Waals surface area contributed by atoms with Crippen LogP contribution in [0, 0.1) is 11.3 Å². The maximum Gasteiger partial charge on any atom is 0.0140 e. The summed E-state index contributed by atoms with van der Waals surface area (Å²) >= 11 is 0. The molecule has 0 aromatic rings. The topological polar surface area (TPSA) is 29.3 Å². The lowest BCUT2D eigenvalue weighted by Crippen LogP contribution is -2.18. The molecule has 1 aliphatic carbocycles. The molecule has 0 aromatic heterocycles. The van der Waals surface area contributed by atoms with Crippen LogP contribution in [0.15, 0.2) is 0 Å². The minimum Gasteiger partial charge on any atom is -0.327 e. The Morgan fingerprint density at radius 2 is 1.80 bits per heavy atom. The van der Waals surface area contributed by atoms with Gasteiger partial charge in [-0.05, 0) is 25.4 Å². The van der Waals surface area contributed by atoms with Crippen LogP contribution >= 0.6 is 0 Å². The number of rotatable bonds is 2. The lowest BCUT2D eigenvalue weighted by atomic mass is 10.1. The highest BCUT2D eigenvalue weighted by molar-refractivity contribution is 5.09. The van der Waals surface area contributed by atoms with Crippen LogP contribution in [0.4, 0.5) is 0 Å². The van der Waals surface area contributed by atoms with Gasteiger partial charge in [-0.15, -0.1) is 0 Å². The molecular formula is C8H18N2. The molecule has 0 heterocycles. The fourth-order valence-electron chi connectivity index (χ4n) is 1.53. The smallest absolute Gasteiger partial charge is 0.0140 e. The van der Waals surface area contributed by atoms with Crippen LogP contribution in [0.25, 0.3) is 0 Å². The Kier molecular flexibility index (Phi) is 1.77. The molecule has 1 rings (SSSR count). The van der Waals surface area contributed by atoms with Gasteiger partial charge in [-0.1, -0.05) is 13.8 Å². The molecule has 2 nitrogen and oxygen atoms in total. The fraction of sp³-hybridized carbons (Fsp3) is 1.00. The van der Waals surface area contributed by atoms with E-state index in [4.69, 9.17) is 5.73 Å². The van der Waals surface area contributed by atoms with E-state index in [1.165, 1.54) is 0 Å². The van der Waals surface area contributed by atoms with Gasteiger partial charge >= 0.3 is 0 Å². The van der Waals surface area contributed by atoms with E-state index >= 15 is 0 Å². The van der Waals surface area contributed by atoms with E-state index in [-0.39, 0.29) is 0 Å². The lowest BCUT2D eigenvalue weighted by molar-refractivity contribution is 0.359. The van der Waals surface area contributed by atoms with E-state index < -0.39 is 0 Å². The fourth-order valence-corrected chi connectivity index (χ4v) is 1.53. The number of nitrogens with zero attached hydrogens (tertiary/aromatic N) is 1. The predicted octanol–water partition coefficient (Wildman–Crippen LogP) is 0.531. The van der Waals surface area contributed by atoms with E-state index in [0.29, 0.717) is 17.4 Å². The summed E-state index contributed by atoms with van der Waals surface area (Å²) in [6, 6.07) is 0.426. The molecule has 0 aromatic carbocycles. The summed E-state index contributed by atoms with van der Waals surface area (Å²) < 4.78 is 0. The van der Waals surface area contributed by atoms with Crippen molar-refractivity contribution in [3.63, 3.8) is 0 Å².